The molecule has 0 bridgehead atoms. The van der Waals surface area contributed by atoms with Crippen LogP contribution in [0.25, 0.3) is 0 Å². The van der Waals surface area contributed by atoms with Crippen molar-refractivity contribution in [3.05, 3.63) is 12.2 Å². The SMILES string of the molecule is CC.CC(=O)OC1CC/C=C/CCC1. The molecule has 0 aromatic carbocycles. The minimum absolute atomic E-state index is 0.149. The number of esters is 1. The van der Waals surface area contributed by atoms with Crippen LogP contribution in [0.15, 0.2) is 12.2 Å². The zero-order valence-corrected chi connectivity index (χ0v) is 9.58. The van der Waals surface area contributed by atoms with E-state index in [0.29, 0.717) is 0 Å². The molecule has 1 rings (SSSR count). The lowest BCUT2D eigenvalue weighted by atomic mass is 10.0. The molecule has 0 spiro atoms. The summed E-state index contributed by atoms with van der Waals surface area (Å²) >= 11 is 0. The molecule has 0 heterocycles. The van der Waals surface area contributed by atoms with E-state index in [4.69, 9.17) is 4.74 Å². The van der Waals surface area contributed by atoms with Crippen molar-refractivity contribution in [2.45, 2.75) is 59.0 Å². The maximum Gasteiger partial charge on any atom is 0.302 e. The van der Waals surface area contributed by atoms with Crippen LogP contribution >= 0.6 is 0 Å². The Morgan fingerprint density at radius 3 is 2.50 bits per heavy atom. The van der Waals surface area contributed by atoms with Gasteiger partial charge in [-0.2, -0.15) is 0 Å². The van der Waals surface area contributed by atoms with E-state index in [-0.39, 0.29) is 12.1 Å². The van der Waals surface area contributed by atoms with Gasteiger partial charge in [-0.15, -0.1) is 0 Å². The molecular formula is C12H22O2. The highest BCUT2D eigenvalue weighted by Crippen LogP contribution is 2.15. The van der Waals surface area contributed by atoms with Crippen LogP contribution in [0.1, 0.15) is 52.9 Å². The van der Waals surface area contributed by atoms with Crippen LogP contribution in [0.5, 0.6) is 0 Å². The standard InChI is InChI=1S/C10H16O2.C2H6/c1-9(11)12-10-7-5-3-2-4-6-8-10;1-2/h2-3,10H,4-8H2,1H3;1-2H3/b3-2+;. The van der Waals surface area contributed by atoms with Gasteiger partial charge in [0.2, 0.25) is 0 Å². The zero-order valence-electron chi connectivity index (χ0n) is 9.58. The van der Waals surface area contributed by atoms with Crippen molar-refractivity contribution in [2.24, 2.45) is 0 Å². The Morgan fingerprint density at radius 2 is 1.86 bits per heavy atom. The van der Waals surface area contributed by atoms with Crippen molar-refractivity contribution >= 4 is 5.97 Å². The van der Waals surface area contributed by atoms with E-state index in [1.54, 1.807) is 0 Å². The first-order valence-electron chi connectivity index (χ1n) is 5.61. The summed E-state index contributed by atoms with van der Waals surface area (Å²) in [5, 5.41) is 0. The summed E-state index contributed by atoms with van der Waals surface area (Å²) in [6.45, 7) is 5.48. The Hall–Kier alpha value is -0.790. The second-order valence-corrected chi connectivity index (χ2v) is 3.21. The maximum atomic E-state index is 10.7. The number of ether oxygens (including phenoxy) is 1. The van der Waals surface area contributed by atoms with Gasteiger partial charge >= 0.3 is 5.97 Å². The Balaban J connectivity index is 0.000000791. The molecule has 82 valence electrons. The van der Waals surface area contributed by atoms with Crippen LogP contribution in [0.2, 0.25) is 0 Å². The molecule has 0 aromatic heterocycles. The van der Waals surface area contributed by atoms with Crippen LogP contribution in [-0.4, -0.2) is 12.1 Å². The van der Waals surface area contributed by atoms with Crippen LogP contribution in [0.4, 0.5) is 0 Å². The third-order valence-electron chi connectivity index (χ3n) is 2.05. The van der Waals surface area contributed by atoms with E-state index in [1.165, 1.54) is 6.92 Å². The Morgan fingerprint density at radius 1 is 1.21 bits per heavy atom. The molecule has 0 saturated carbocycles. The molecule has 0 amide bonds. The molecule has 1 atom stereocenters. The third kappa shape index (κ3) is 6.70. The predicted molar refractivity (Wildman–Crippen MR) is 59.1 cm³/mol. The van der Waals surface area contributed by atoms with Gasteiger partial charge in [-0.25, -0.2) is 0 Å². The van der Waals surface area contributed by atoms with E-state index in [0.717, 1.165) is 32.1 Å². The summed E-state index contributed by atoms with van der Waals surface area (Å²) in [7, 11) is 0. The molecule has 14 heavy (non-hydrogen) atoms. The lowest BCUT2D eigenvalue weighted by molar-refractivity contribution is -0.147. The highest BCUT2D eigenvalue weighted by atomic mass is 16.5. The van der Waals surface area contributed by atoms with E-state index >= 15 is 0 Å². The molecule has 1 unspecified atom stereocenters. The number of allylic oxidation sites excluding steroid dienone is 2. The second kappa shape index (κ2) is 8.79. The Labute approximate surface area is 87.3 Å². The summed E-state index contributed by atoms with van der Waals surface area (Å²) in [5.41, 5.74) is 0. The highest BCUT2D eigenvalue weighted by Gasteiger charge is 2.11. The number of hydrogen-bond donors (Lipinski definition) is 0. The smallest absolute Gasteiger partial charge is 0.302 e. The quantitative estimate of drug-likeness (QED) is 0.476. The summed E-state index contributed by atoms with van der Waals surface area (Å²) in [5.74, 6) is -0.149. The van der Waals surface area contributed by atoms with E-state index in [2.05, 4.69) is 12.2 Å². The first kappa shape index (κ1) is 13.2. The fourth-order valence-corrected chi connectivity index (χ4v) is 1.48. The van der Waals surface area contributed by atoms with Crippen molar-refractivity contribution in [1.29, 1.82) is 0 Å². The molecule has 0 fully saturated rings. The van der Waals surface area contributed by atoms with E-state index in [9.17, 15) is 4.79 Å². The van der Waals surface area contributed by atoms with Crippen molar-refractivity contribution in [3.63, 3.8) is 0 Å². The van der Waals surface area contributed by atoms with E-state index < -0.39 is 0 Å². The first-order valence-corrected chi connectivity index (χ1v) is 5.61. The number of carbonyl (C=O) groups excluding carboxylic acids is 1. The molecule has 0 saturated heterocycles. The highest BCUT2D eigenvalue weighted by molar-refractivity contribution is 5.66. The monoisotopic (exact) mass is 198 g/mol. The summed E-state index contributed by atoms with van der Waals surface area (Å²) < 4.78 is 5.15. The molecule has 2 nitrogen and oxygen atoms in total. The summed E-state index contributed by atoms with van der Waals surface area (Å²) in [6.07, 6.45) is 9.84. The van der Waals surface area contributed by atoms with Crippen LogP contribution in [-0.2, 0) is 9.53 Å². The van der Waals surface area contributed by atoms with Gasteiger partial charge in [0.15, 0.2) is 0 Å². The van der Waals surface area contributed by atoms with Gasteiger partial charge in [0, 0.05) is 6.92 Å². The van der Waals surface area contributed by atoms with Gasteiger partial charge in [0.1, 0.15) is 6.10 Å². The molecular weight excluding hydrogens is 176 g/mol. The Kier molecular flexibility index (Phi) is 8.30. The molecule has 0 radical (unpaired) electrons. The van der Waals surface area contributed by atoms with Crippen molar-refractivity contribution < 1.29 is 9.53 Å². The molecule has 0 aromatic rings. The van der Waals surface area contributed by atoms with Crippen molar-refractivity contribution in [1.82, 2.24) is 0 Å². The zero-order chi connectivity index (χ0) is 10.8. The number of hydrogen-bond acceptors (Lipinski definition) is 2. The van der Waals surface area contributed by atoms with Crippen molar-refractivity contribution in [2.75, 3.05) is 0 Å². The average Bonchev–Trinajstić information content (AvgIpc) is 2.12. The minimum Gasteiger partial charge on any atom is -0.463 e. The van der Waals surface area contributed by atoms with Crippen molar-refractivity contribution in [3.8, 4) is 0 Å². The molecule has 2 heteroatoms. The fraction of sp³-hybridized carbons (Fsp3) is 0.750. The lowest BCUT2D eigenvalue weighted by Crippen LogP contribution is -2.16. The molecule has 0 N–H and O–H groups in total. The summed E-state index contributed by atoms with van der Waals surface area (Å²) in [6, 6.07) is 0. The van der Waals surface area contributed by atoms with Gasteiger partial charge < -0.3 is 4.74 Å². The number of carbonyl (C=O) groups is 1. The summed E-state index contributed by atoms with van der Waals surface area (Å²) in [4.78, 5) is 10.7. The topological polar surface area (TPSA) is 26.3 Å². The third-order valence-corrected chi connectivity index (χ3v) is 2.05. The van der Waals surface area contributed by atoms with Gasteiger partial charge in [-0.05, 0) is 32.1 Å². The van der Waals surface area contributed by atoms with Gasteiger partial charge in [0.25, 0.3) is 0 Å². The Bertz CT molecular complexity index is 173. The largest absolute Gasteiger partial charge is 0.463 e. The normalized spacial score (nSPS) is 23.5. The lowest BCUT2D eigenvalue weighted by Gasteiger charge is -2.16. The van der Waals surface area contributed by atoms with Crippen LogP contribution in [0, 0.1) is 0 Å². The molecule has 1 aliphatic rings. The van der Waals surface area contributed by atoms with E-state index in [1.807, 2.05) is 13.8 Å². The molecule has 0 aliphatic heterocycles. The first-order chi connectivity index (χ1) is 6.79. The van der Waals surface area contributed by atoms with Gasteiger partial charge in [-0.1, -0.05) is 26.0 Å². The minimum atomic E-state index is -0.149. The van der Waals surface area contributed by atoms with Gasteiger partial charge in [-0.3, -0.25) is 4.79 Å². The fourth-order valence-electron chi connectivity index (χ4n) is 1.48. The molecule has 1 aliphatic carbocycles. The van der Waals surface area contributed by atoms with Crippen LogP contribution in [0.3, 0.4) is 0 Å². The second-order valence-electron chi connectivity index (χ2n) is 3.21. The maximum absolute atomic E-state index is 10.7. The average molecular weight is 198 g/mol. The number of rotatable bonds is 1. The predicted octanol–water partition coefficient (Wildman–Crippen LogP) is 3.46. The van der Waals surface area contributed by atoms with Crippen LogP contribution < -0.4 is 0 Å². The van der Waals surface area contributed by atoms with Gasteiger partial charge in [0.05, 0.1) is 0 Å².